The summed E-state index contributed by atoms with van der Waals surface area (Å²) in [5.74, 6) is 0.398. The molecule has 0 radical (unpaired) electrons. The number of ether oxygens (including phenoxy) is 2. The molecule has 136 valence electrons. The maximum absolute atomic E-state index is 11.9. The fourth-order valence-corrected chi connectivity index (χ4v) is 3.03. The predicted molar refractivity (Wildman–Crippen MR) is 97.2 cm³/mol. The van der Waals surface area contributed by atoms with Crippen molar-refractivity contribution < 1.29 is 19.1 Å². The van der Waals surface area contributed by atoms with E-state index in [-0.39, 0.29) is 18.6 Å². The van der Waals surface area contributed by atoms with Crippen LogP contribution in [0, 0.1) is 5.92 Å². The number of amides is 1. The predicted octanol–water partition coefficient (Wildman–Crippen LogP) is 3.34. The summed E-state index contributed by atoms with van der Waals surface area (Å²) in [5.41, 5.74) is 0.793. The van der Waals surface area contributed by atoms with Gasteiger partial charge in [-0.3, -0.25) is 4.79 Å². The summed E-state index contributed by atoms with van der Waals surface area (Å²) >= 11 is 0. The lowest BCUT2D eigenvalue weighted by atomic mass is 9.86. The maximum atomic E-state index is 11.9. The van der Waals surface area contributed by atoms with Crippen molar-refractivity contribution in [1.29, 1.82) is 0 Å². The minimum absolute atomic E-state index is 0.188. The molecule has 1 aliphatic carbocycles. The topological polar surface area (TPSA) is 64.6 Å². The first-order chi connectivity index (χ1) is 12.1. The summed E-state index contributed by atoms with van der Waals surface area (Å²) in [4.78, 5) is 23.8. The molecular formula is C20H27NO4. The highest BCUT2D eigenvalue weighted by atomic mass is 16.5. The van der Waals surface area contributed by atoms with E-state index in [0.29, 0.717) is 18.3 Å². The van der Waals surface area contributed by atoms with Gasteiger partial charge in [-0.15, -0.1) is 0 Å². The van der Waals surface area contributed by atoms with Crippen molar-refractivity contribution in [2.24, 2.45) is 5.92 Å². The highest BCUT2D eigenvalue weighted by Gasteiger charge is 2.22. The lowest BCUT2D eigenvalue weighted by Crippen LogP contribution is -2.42. The Hall–Kier alpha value is -2.30. The number of para-hydroxylation sites is 1. The van der Waals surface area contributed by atoms with E-state index in [0.717, 1.165) is 24.8 Å². The Bertz CT molecular complexity index is 611. The zero-order valence-corrected chi connectivity index (χ0v) is 15.0. The van der Waals surface area contributed by atoms with E-state index in [1.807, 2.05) is 31.2 Å². The number of rotatable bonds is 7. The Morgan fingerprint density at radius 3 is 2.76 bits per heavy atom. The van der Waals surface area contributed by atoms with Crippen molar-refractivity contribution in [2.45, 2.75) is 45.6 Å². The van der Waals surface area contributed by atoms with Crippen LogP contribution >= 0.6 is 0 Å². The van der Waals surface area contributed by atoms with Crippen LogP contribution in [-0.2, 0) is 14.3 Å². The van der Waals surface area contributed by atoms with Gasteiger partial charge in [0.1, 0.15) is 5.75 Å². The minimum Gasteiger partial charge on any atom is -0.493 e. The Labute approximate surface area is 149 Å². The first kappa shape index (κ1) is 19.0. The van der Waals surface area contributed by atoms with E-state index in [2.05, 4.69) is 12.2 Å². The second-order valence-electron chi connectivity index (χ2n) is 6.35. The SMILES string of the molecule is CCOc1ccccc1/C=C/C(=O)OCC(=O)NC1CCCCC1C. The molecule has 1 aromatic carbocycles. The van der Waals surface area contributed by atoms with Gasteiger partial charge in [0.2, 0.25) is 0 Å². The Morgan fingerprint density at radius 2 is 2.00 bits per heavy atom. The molecule has 0 bridgehead atoms. The van der Waals surface area contributed by atoms with Crippen LogP contribution in [-0.4, -0.2) is 31.1 Å². The maximum Gasteiger partial charge on any atom is 0.331 e. The molecule has 1 aromatic rings. The number of hydrogen-bond acceptors (Lipinski definition) is 4. The highest BCUT2D eigenvalue weighted by Crippen LogP contribution is 2.23. The first-order valence-electron chi connectivity index (χ1n) is 8.96. The van der Waals surface area contributed by atoms with Gasteiger partial charge >= 0.3 is 5.97 Å². The van der Waals surface area contributed by atoms with Crippen LogP contribution in [0.15, 0.2) is 30.3 Å². The molecule has 25 heavy (non-hydrogen) atoms. The molecule has 5 nitrogen and oxygen atoms in total. The molecule has 0 saturated heterocycles. The zero-order chi connectivity index (χ0) is 18.1. The minimum atomic E-state index is -0.543. The van der Waals surface area contributed by atoms with Crippen molar-refractivity contribution >= 4 is 18.0 Å². The Morgan fingerprint density at radius 1 is 1.24 bits per heavy atom. The average Bonchev–Trinajstić information content (AvgIpc) is 2.61. The lowest BCUT2D eigenvalue weighted by Gasteiger charge is -2.29. The van der Waals surface area contributed by atoms with Gasteiger partial charge in [-0.25, -0.2) is 4.79 Å². The van der Waals surface area contributed by atoms with Crippen LogP contribution in [0.2, 0.25) is 0 Å². The molecule has 1 N–H and O–H groups in total. The number of hydrogen-bond donors (Lipinski definition) is 1. The summed E-state index contributed by atoms with van der Waals surface area (Å²) < 4.78 is 10.5. The number of esters is 1. The molecule has 2 rings (SSSR count). The second-order valence-corrected chi connectivity index (χ2v) is 6.35. The molecule has 2 unspecified atom stereocenters. The summed E-state index contributed by atoms with van der Waals surface area (Å²) in [6, 6.07) is 7.62. The Balaban J connectivity index is 1.79. The van der Waals surface area contributed by atoms with Crippen LogP contribution < -0.4 is 10.1 Å². The van der Waals surface area contributed by atoms with Gasteiger partial charge in [-0.05, 0) is 37.8 Å². The molecule has 2 atom stereocenters. The van der Waals surface area contributed by atoms with Crippen LogP contribution in [0.3, 0.4) is 0 Å². The zero-order valence-electron chi connectivity index (χ0n) is 15.0. The van der Waals surface area contributed by atoms with Crippen molar-refractivity contribution in [2.75, 3.05) is 13.2 Å². The fraction of sp³-hybridized carbons (Fsp3) is 0.500. The number of carbonyl (C=O) groups excluding carboxylic acids is 2. The van der Waals surface area contributed by atoms with Gasteiger partial charge in [-0.2, -0.15) is 0 Å². The summed E-state index contributed by atoms with van der Waals surface area (Å²) in [6.07, 6.45) is 7.43. The van der Waals surface area contributed by atoms with Crippen molar-refractivity contribution in [1.82, 2.24) is 5.32 Å². The van der Waals surface area contributed by atoms with Crippen molar-refractivity contribution in [3.63, 3.8) is 0 Å². The van der Waals surface area contributed by atoms with Crippen LogP contribution in [0.4, 0.5) is 0 Å². The standard InChI is InChI=1S/C20H27NO4/c1-3-24-18-11-7-5-9-16(18)12-13-20(23)25-14-19(22)21-17-10-6-4-8-15(17)2/h5,7,9,11-13,15,17H,3-4,6,8,10,14H2,1-2H3,(H,21,22)/b13-12+. The summed E-state index contributed by atoms with van der Waals surface area (Å²) in [6.45, 7) is 4.35. The third-order valence-corrected chi connectivity index (χ3v) is 4.42. The molecular weight excluding hydrogens is 318 g/mol. The molecule has 0 spiro atoms. The largest absolute Gasteiger partial charge is 0.493 e. The van der Waals surface area contributed by atoms with Gasteiger partial charge in [0, 0.05) is 17.7 Å². The highest BCUT2D eigenvalue weighted by molar-refractivity contribution is 5.89. The number of benzene rings is 1. The molecule has 1 saturated carbocycles. The number of carbonyl (C=O) groups is 2. The third-order valence-electron chi connectivity index (χ3n) is 4.42. The van der Waals surface area contributed by atoms with E-state index in [9.17, 15) is 9.59 Å². The smallest absolute Gasteiger partial charge is 0.331 e. The quantitative estimate of drug-likeness (QED) is 0.608. The number of nitrogens with one attached hydrogen (secondary N) is 1. The Kier molecular flexibility index (Phi) is 7.51. The van der Waals surface area contributed by atoms with Gasteiger partial charge in [-0.1, -0.05) is 38.0 Å². The van der Waals surface area contributed by atoms with Crippen LogP contribution in [0.25, 0.3) is 6.08 Å². The van der Waals surface area contributed by atoms with Crippen molar-refractivity contribution in [3.8, 4) is 5.75 Å². The van der Waals surface area contributed by atoms with E-state index in [1.165, 1.54) is 12.5 Å². The molecule has 0 aromatic heterocycles. The average molecular weight is 345 g/mol. The molecule has 1 aliphatic rings. The second kappa shape index (κ2) is 9.87. The lowest BCUT2D eigenvalue weighted by molar-refractivity contribution is -0.144. The normalized spacial score (nSPS) is 20.2. The first-order valence-corrected chi connectivity index (χ1v) is 8.96. The van der Waals surface area contributed by atoms with E-state index in [4.69, 9.17) is 9.47 Å². The molecule has 0 aliphatic heterocycles. The molecule has 0 heterocycles. The fourth-order valence-electron chi connectivity index (χ4n) is 3.03. The van der Waals surface area contributed by atoms with E-state index in [1.54, 1.807) is 6.08 Å². The molecule has 5 heteroatoms. The molecule has 1 amide bonds. The summed E-state index contributed by atoms with van der Waals surface area (Å²) in [5, 5.41) is 2.96. The van der Waals surface area contributed by atoms with E-state index >= 15 is 0 Å². The monoisotopic (exact) mass is 345 g/mol. The van der Waals surface area contributed by atoms with Gasteiger partial charge in [0.05, 0.1) is 6.61 Å². The van der Waals surface area contributed by atoms with Crippen LogP contribution in [0.1, 0.15) is 45.1 Å². The van der Waals surface area contributed by atoms with Gasteiger partial charge in [0.15, 0.2) is 6.61 Å². The van der Waals surface area contributed by atoms with Crippen LogP contribution in [0.5, 0.6) is 5.75 Å². The molecule has 1 fully saturated rings. The third kappa shape index (κ3) is 6.25. The van der Waals surface area contributed by atoms with E-state index < -0.39 is 5.97 Å². The summed E-state index contributed by atoms with van der Waals surface area (Å²) in [7, 11) is 0. The van der Waals surface area contributed by atoms with Crippen molar-refractivity contribution in [3.05, 3.63) is 35.9 Å². The van der Waals surface area contributed by atoms with Gasteiger partial charge in [0.25, 0.3) is 5.91 Å². The van der Waals surface area contributed by atoms with Gasteiger partial charge < -0.3 is 14.8 Å².